The molecule has 102 valence electrons. The number of ether oxygens (including phenoxy) is 1. The van der Waals surface area contributed by atoms with Gasteiger partial charge in [-0.1, -0.05) is 22.0 Å². The summed E-state index contributed by atoms with van der Waals surface area (Å²) in [5.74, 6) is 0.825. The van der Waals surface area contributed by atoms with Gasteiger partial charge in [0.15, 0.2) is 0 Å². The molecule has 0 saturated carbocycles. The number of imidazole rings is 1. The molecule has 5 heteroatoms. The van der Waals surface area contributed by atoms with E-state index in [4.69, 9.17) is 4.74 Å². The Morgan fingerprint density at radius 1 is 1.47 bits per heavy atom. The molecule has 0 amide bonds. The molecule has 2 aromatic rings. The third-order valence-corrected chi connectivity index (χ3v) is 3.79. The lowest BCUT2D eigenvalue weighted by Crippen LogP contribution is -2.23. The summed E-state index contributed by atoms with van der Waals surface area (Å²) in [6, 6.07) is 6.35. The van der Waals surface area contributed by atoms with E-state index in [9.17, 15) is 0 Å². The van der Waals surface area contributed by atoms with Crippen LogP contribution in [0.5, 0.6) is 0 Å². The van der Waals surface area contributed by atoms with Crippen LogP contribution in [0.4, 0.5) is 5.95 Å². The Labute approximate surface area is 121 Å². The van der Waals surface area contributed by atoms with Crippen LogP contribution in [0.3, 0.4) is 0 Å². The zero-order chi connectivity index (χ0) is 13.8. The SMILES string of the molecule is COCC(C)Nc1nccn1-c1cccc(Br)c1C. The van der Waals surface area contributed by atoms with E-state index in [2.05, 4.69) is 46.1 Å². The maximum Gasteiger partial charge on any atom is 0.207 e. The fourth-order valence-electron chi connectivity index (χ4n) is 1.97. The van der Waals surface area contributed by atoms with Crippen LogP contribution in [0.1, 0.15) is 12.5 Å². The van der Waals surface area contributed by atoms with Gasteiger partial charge in [0.2, 0.25) is 5.95 Å². The van der Waals surface area contributed by atoms with Gasteiger partial charge < -0.3 is 10.1 Å². The number of nitrogens with zero attached hydrogens (tertiary/aromatic N) is 2. The maximum atomic E-state index is 5.13. The predicted molar refractivity (Wildman–Crippen MR) is 81.0 cm³/mol. The number of aromatic nitrogens is 2. The predicted octanol–water partition coefficient (Wildman–Crippen LogP) is 3.39. The molecule has 4 nitrogen and oxygen atoms in total. The summed E-state index contributed by atoms with van der Waals surface area (Å²) in [7, 11) is 1.70. The number of methoxy groups -OCH3 is 1. The van der Waals surface area contributed by atoms with Crippen molar-refractivity contribution >= 4 is 21.9 Å². The molecule has 0 radical (unpaired) electrons. The number of anilines is 1. The Morgan fingerprint density at radius 2 is 2.26 bits per heavy atom. The monoisotopic (exact) mass is 323 g/mol. The van der Waals surface area contributed by atoms with Crippen molar-refractivity contribution in [3.63, 3.8) is 0 Å². The summed E-state index contributed by atoms with van der Waals surface area (Å²) >= 11 is 3.56. The Kier molecular flexibility index (Phi) is 4.61. The van der Waals surface area contributed by atoms with Crippen LogP contribution in [0, 0.1) is 6.92 Å². The lowest BCUT2D eigenvalue weighted by Gasteiger charge is -2.16. The van der Waals surface area contributed by atoms with Gasteiger partial charge in [-0.05, 0) is 31.5 Å². The highest BCUT2D eigenvalue weighted by molar-refractivity contribution is 9.10. The van der Waals surface area contributed by atoms with E-state index < -0.39 is 0 Å². The third kappa shape index (κ3) is 3.16. The van der Waals surface area contributed by atoms with Crippen LogP contribution in [-0.4, -0.2) is 29.3 Å². The highest BCUT2D eigenvalue weighted by atomic mass is 79.9. The summed E-state index contributed by atoms with van der Waals surface area (Å²) in [5, 5.41) is 3.35. The smallest absolute Gasteiger partial charge is 0.207 e. The van der Waals surface area contributed by atoms with Crippen LogP contribution < -0.4 is 5.32 Å². The normalized spacial score (nSPS) is 12.4. The summed E-state index contributed by atoms with van der Waals surface area (Å²) in [6.45, 7) is 4.79. The van der Waals surface area contributed by atoms with E-state index in [1.54, 1.807) is 13.3 Å². The summed E-state index contributed by atoms with van der Waals surface area (Å²) < 4.78 is 8.27. The van der Waals surface area contributed by atoms with Gasteiger partial charge in [-0.15, -0.1) is 0 Å². The van der Waals surface area contributed by atoms with Crippen molar-refractivity contribution in [1.82, 2.24) is 9.55 Å². The molecule has 0 saturated heterocycles. The molecule has 1 aromatic carbocycles. The fraction of sp³-hybridized carbons (Fsp3) is 0.357. The first-order chi connectivity index (χ1) is 9.13. The lowest BCUT2D eigenvalue weighted by atomic mass is 10.2. The van der Waals surface area contributed by atoms with Gasteiger partial charge in [-0.2, -0.15) is 0 Å². The zero-order valence-electron chi connectivity index (χ0n) is 11.4. The zero-order valence-corrected chi connectivity index (χ0v) is 12.9. The molecule has 19 heavy (non-hydrogen) atoms. The number of halogens is 1. The molecule has 0 aliphatic carbocycles. The number of nitrogens with one attached hydrogen (secondary N) is 1. The van der Waals surface area contributed by atoms with Crippen molar-refractivity contribution in [1.29, 1.82) is 0 Å². The Hall–Kier alpha value is -1.33. The van der Waals surface area contributed by atoms with E-state index in [0.717, 1.165) is 16.1 Å². The van der Waals surface area contributed by atoms with Gasteiger partial charge in [0.1, 0.15) is 0 Å². The Bertz CT molecular complexity index is 553. The lowest BCUT2D eigenvalue weighted by molar-refractivity contribution is 0.190. The molecule has 1 N–H and O–H groups in total. The van der Waals surface area contributed by atoms with E-state index in [1.165, 1.54) is 5.56 Å². The molecule has 1 atom stereocenters. The second-order valence-electron chi connectivity index (χ2n) is 4.51. The fourth-order valence-corrected chi connectivity index (χ4v) is 2.33. The highest BCUT2D eigenvalue weighted by Crippen LogP contribution is 2.25. The molecular weight excluding hydrogens is 306 g/mol. The van der Waals surface area contributed by atoms with E-state index >= 15 is 0 Å². The van der Waals surface area contributed by atoms with Crippen molar-refractivity contribution in [2.24, 2.45) is 0 Å². The van der Waals surface area contributed by atoms with Gasteiger partial charge in [-0.25, -0.2) is 4.98 Å². The molecule has 0 spiro atoms. The first-order valence-electron chi connectivity index (χ1n) is 6.17. The minimum absolute atomic E-state index is 0.207. The van der Waals surface area contributed by atoms with Gasteiger partial charge in [0.05, 0.1) is 12.3 Å². The number of hydrogen-bond donors (Lipinski definition) is 1. The Balaban J connectivity index is 2.31. The third-order valence-electron chi connectivity index (χ3n) is 2.93. The number of hydrogen-bond acceptors (Lipinski definition) is 3. The van der Waals surface area contributed by atoms with Crippen molar-refractivity contribution in [2.75, 3.05) is 19.0 Å². The summed E-state index contributed by atoms with van der Waals surface area (Å²) in [6.07, 6.45) is 3.75. The molecular formula is C14H18BrN3O. The minimum Gasteiger partial charge on any atom is -0.383 e. The second kappa shape index (κ2) is 6.21. The van der Waals surface area contributed by atoms with Crippen LogP contribution in [0.25, 0.3) is 5.69 Å². The van der Waals surface area contributed by atoms with Crippen molar-refractivity contribution in [2.45, 2.75) is 19.9 Å². The van der Waals surface area contributed by atoms with E-state index in [-0.39, 0.29) is 6.04 Å². The van der Waals surface area contributed by atoms with Gasteiger partial charge in [-0.3, -0.25) is 4.57 Å². The quantitative estimate of drug-likeness (QED) is 0.916. The van der Waals surface area contributed by atoms with Gasteiger partial charge in [0.25, 0.3) is 0 Å². The van der Waals surface area contributed by atoms with Crippen LogP contribution in [0.15, 0.2) is 35.1 Å². The minimum atomic E-state index is 0.207. The summed E-state index contributed by atoms with van der Waals surface area (Å²) in [4.78, 5) is 4.37. The molecule has 1 unspecified atom stereocenters. The first kappa shape index (κ1) is 14.1. The standard InChI is InChI=1S/C14H18BrN3O/c1-10(9-19-3)17-14-16-7-8-18(14)13-6-4-5-12(15)11(13)2/h4-8,10H,9H2,1-3H3,(H,16,17). The number of rotatable bonds is 5. The molecule has 0 fully saturated rings. The van der Waals surface area contributed by atoms with Crippen LogP contribution in [0.2, 0.25) is 0 Å². The Morgan fingerprint density at radius 3 is 3.00 bits per heavy atom. The van der Waals surface area contributed by atoms with Gasteiger partial charge in [0, 0.05) is 30.0 Å². The van der Waals surface area contributed by atoms with Crippen LogP contribution in [-0.2, 0) is 4.74 Å². The van der Waals surface area contributed by atoms with E-state index in [0.29, 0.717) is 6.61 Å². The van der Waals surface area contributed by atoms with Gasteiger partial charge >= 0.3 is 0 Å². The topological polar surface area (TPSA) is 39.1 Å². The highest BCUT2D eigenvalue weighted by Gasteiger charge is 2.11. The number of benzene rings is 1. The molecule has 0 aliphatic heterocycles. The molecule has 0 aliphatic rings. The molecule has 1 heterocycles. The van der Waals surface area contributed by atoms with Crippen LogP contribution >= 0.6 is 15.9 Å². The summed E-state index contributed by atoms with van der Waals surface area (Å²) in [5.41, 5.74) is 2.29. The van der Waals surface area contributed by atoms with Crippen molar-refractivity contribution in [3.8, 4) is 5.69 Å². The largest absolute Gasteiger partial charge is 0.383 e. The maximum absolute atomic E-state index is 5.13. The first-order valence-corrected chi connectivity index (χ1v) is 6.97. The van der Waals surface area contributed by atoms with Crippen molar-refractivity contribution < 1.29 is 4.74 Å². The molecule has 1 aromatic heterocycles. The average Bonchev–Trinajstić information content (AvgIpc) is 2.81. The average molecular weight is 324 g/mol. The second-order valence-corrected chi connectivity index (χ2v) is 5.36. The molecule has 2 rings (SSSR count). The van der Waals surface area contributed by atoms with Crippen molar-refractivity contribution in [3.05, 3.63) is 40.6 Å². The van der Waals surface area contributed by atoms with E-state index in [1.807, 2.05) is 22.9 Å². The molecule has 0 bridgehead atoms.